The third kappa shape index (κ3) is 1.80. The standard InChI is InChI=1S/C11H15N3O/c1-8(7-15-2)14-11-5-10(12)4-3-9(11)6-13-14/h3-6,8H,7,12H2,1-2H3. The Morgan fingerprint density at radius 3 is 3.07 bits per heavy atom. The molecule has 1 atom stereocenters. The summed E-state index contributed by atoms with van der Waals surface area (Å²) in [6.07, 6.45) is 1.85. The Morgan fingerprint density at radius 2 is 2.33 bits per heavy atom. The van der Waals surface area contributed by atoms with E-state index in [1.807, 2.05) is 29.1 Å². The zero-order valence-corrected chi connectivity index (χ0v) is 8.97. The maximum absolute atomic E-state index is 5.75. The topological polar surface area (TPSA) is 53.1 Å². The Bertz CT molecular complexity index is 464. The number of nitrogens with zero attached hydrogens (tertiary/aromatic N) is 2. The number of hydrogen-bond donors (Lipinski definition) is 1. The van der Waals surface area contributed by atoms with E-state index in [0.29, 0.717) is 6.61 Å². The molecule has 80 valence electrons. The Labute approximate surface area is 88.6 Å². The molecule has 0 saturated heterocycles. The minimum atomic E-state index is 0.217. The van der Waals surface area contributed by atoms with E-state index in [-0.39, 0.29) is 6.04 Å². The number of ether oxygens (including phenoxy) is 1. The Morgan fingerprint density at radius 1 is 1.53 bits per heavy atom. The molecule has 15 heavy (non-hydrogen) atoms. The Kier molecular flexibility index (Phi) is 2.60. The molecule has 0 bridgehead atoms. The molecule has 0 amide bonds. The fourth-order valence-electron chi connectivity index (χ4n) is 1.72. The smallest absolute Gasteiger partial charge is 0.0731 e. The molecule has 2 rings (SSSR count). The highest BCUT2D eigenvalue weighted by Gasteiger charge is 2.09. The van der Waals surface area contributed by atoms with Gasteiger partial charge in [0.1, 0.15) is 0 Å². The van der Waals surface area contributed by atoms with Gasteiger partial charge in [-0.25, -0.2) is 0 Å². The molecule has 0 aliphatic rings. The van der Waals surface area contributed by atoms with Gasteiger partial charge in [-0.15, -0.1) is 0 Å². The first-order chi connectivity index (χ1) is 7.22. The molecule has 1 unspecified atom stereocenters. The molecular weight excluding hydrogens is 190 g/mol. The summed E-state index contributed by atoms with van der Waals surface area (Å²) in [5.74, 6) is 0. The van der Waals surface area contributed by atoms with E-state index in [1.165, 1.54) is 0 Å². The van der Waals surface area contributed by atoms with Crippen molar-refractivity contribution in [2.24, 2.45) is 0 Å². The SMILES string of the molecule is COCC(C)n1ncc2ccc(N)cc21. The van der Waals surface area contributed by atoms with Gasteiger partial charge in [0.15, 0.2) is 0 Å². The monoisotopic (exact) mass is 205 g/mol. The van der Waals surface area contributed by atoms with Crippen LogP contribution in [0.1, 0.15) is 13.0 Å². The van der Waals surface area contributed by atoms with Gasteiger partial charge in [-0.05, 0) is 25.1 Å². The van der Waals surface area contributed by atoms with Crippen LogP contribution in [0.15, 0.2) is 24.4 Å². The van der Waals surface area contributed by atoms with Crippen LogP contribution in [0.2, 0.25) is 0 Å². The third-order valence-corrected chi connectivity index (χ3v) is 2.45. The lowest BCUT2D eigenvalue weighted by molar-refractivity contribution is 0.159. The van der Waals surface area contributed by atoms with Crippen molar-refractivity contribution in [2.45, 2.75) is 13.0 Å². The van der Waals surface area contributed by atoms with Crippen LogP contribution < -0.4 is 5.73 Å². The van der Waals surface area contributed by atoms with Crippen LogP contribution in [-0.4, -0.2) is 23.5 Å². The molecule has 0 aliphatic carbocycles. The van der Waals surface area contributed by atoms with Gasteiger partial charge in [-0.2, -0.15) is 5.10 Å². The van der Waals surface area contributed by atoms with Crippen LogP contribution >= 0.6 is 0 Å². The molecule has 1 heterocycles. The summed E-state index contributed by atoms with van der Waals surface area (Å²) in [5, 5.41) is 5.44. The molecule has 0 saturated carbocycles. The van der Waals surface area contributed by atoms with Crippen LogP contribution in [0.5, 0.6) is 0 Å². The van der Waals surface area contributed by atoms with Crippen molar-refractivity contribution in [2.75, 3.05) is 19.5 Å². The summed E-state index contributed by atoms with van der Waals surface area (Å²) in [4.78, 5) is 0. The predicted octanol–water partition coefficient (Wildman–Crippen LogP) is 1.83. The number of anilines is 1. The second-order valence-corrected chi connectivity index (χ2v) is 3.71. The van der Waals surface area contributed by atoms with Crippen molar-refractivity contribution in [3.63, 3.8) is 0 Å². The fraction of sp³-hybridized carbons (Fsp3) is 0.364. The maximum Gasteiger partial charge on any atom is 0.0731 e. The molecule has 2 aromatic rings. The van der Waals surface area contributed by atoms with E-state index in [2.05, 4.69) is 12.0 Å². The van der Waals surface area contributed by atoms with Crippen LogP contribution in [0, 0.1) is 0 Å². The highest BCUT2D eigenvalue weighted by Crippen LogP contribution is 2.20. The zero-order chi connectivity index (χ0) is 10.8. The van der Waals surface area contributed by atoms with E-state index >= 15 is 0 Å². The number of rotatable bonds is 3. The zero-order valence-electron chi connectivity index (χ0n) is 8.97. The van der Waals surface area contributed by atoms with E-state index in [1.54, 1.807) is 7.11 Å². The number of methoxy groups -OCH3 is 1. The number of benzene rings is 1. The molecule has 4 nitrogen and oxygen atoms in total. The maximum atomic E-state index is 5.75. The minimum Gasteiger partial charge on any atom is -0.399 e. The van der Waals surface area contributed by atoms with Crippen LogP contribution in [0.3, 0.4) is 0 Å². The molecule has 4 heteroatoms. The molecule has 0 spiro atoms. The van der Waals surface area contributed by atoms with Crippen molar-refractivity contribution < 1.29 is 4.74 Å². The first kappa shape index (κ1) is 9.98. The summed E-state index contributed by atoms with van der Waals surface area (Å²) in [7, 11) is 1.69. The van der Waals surface area contributed by atoms with Gasteiger partial charge in [-0.1, -0.05) is 0 Å². The summed E-state index contributed by atoms with van der Waals surface area (Å²) in [5.41, 5.74) is 7.57. The van der Waals surface area contributed by atoms with E-state index < -0.39 is 0 Å². The van der Waals surface area contributed by atoms with Crippen LogP contribution in [0.25, 0.3) is 10.9 Å². The highest BCUT2D eigenvalue weighted by molar-refractivity contribution is 5.81. The summed E-state index contributed by atoms with van der Waals surface area (Å²) < 4.78 is 7.05. The molecule has 0 aliphatic heterocycles. The summed E-state index contributed by atoms with van der Waals surface area (Å²) in [6.45, 7) is 2.71. The largest absolute Gasteiger partial charge is 0.399 e. The lowest BCUT2D eigenvalue weighted by Gasteiger charge is -2.12. The van der Waals surface area contributed by atoms with Crippen LogP contribution in [0.4, 0.5) is 5.69 Å². The van der Waals surface area contributed by atoms with Gasteiger partial charge < -0.3 is 10.5 Å². The van der Waals surface area contributed by atoms with Crippen molar-refractivity contribution in [3.05, 3.63) is 24.4 Å². The van der Waals surface area contributed by atoms with Crippen molar-refractivity contribution in [1.82, 2.24) is 9.78 Å². The van der Waals surface area contributed by atoms with Crippen molar-refractivity contribution in [3.8, 4) is 0 Å². The van der Waals surface area contributed by atoms with Crippen LogP contribution in [-0.2, 0) is 4.74 Å². The summed E-state index contributed by atoms with van der Waals surface area (Å²) in [6, 6.07) is 6.02. The average Bonchev–Trinajstić information content (AvgIpc) is 2.60. The number of nitrogens with two attached hydrogens (primary N) is 1. The number of hydrogen-bond acceptors (Lipinski definition) is 3. The lowest BCUT2D eigenvalue weighted by Crippen LogP contribution is -2.12. The Balaban J connectivity index is 2.47. The third-order valence-electron chi connectivity index (χ3n) is 2.45. The normalized spacial score (nSPS) is 13.2. The van der Waals surface area contributed by atoms with Gasteiger partial charge in [0.2, 0.25) is 0 Å². The second-order valence-electron chi connectivity index (χ2n) is 3.71. The molecular formula is C11H15N3O. The highest BCUT2D eigenvalue weighted by atomic mass is 16.5. The van der Waals surface area contributed by atoms with Crippen molar-refractivity contribution >= 4 is 16.6 Å². The van der Waals surface area contributed by atoms with E-state index in [0.717, 1.165) is 16.6 Å². The molecule has 2 N–H and O–H groups in total. The lowest BCUT2D eigenvalue weighted by atomic mass is 10.2. The minimum absolute atomic E-state index is 0.217. The van der Waals surface area contributed by atoms with E-state index in [9.17, 15) is 0 Å². The van der Waals surface area contributed by atoms with Gasteiger partial charge in [-0.3, -0.25) is 4.68 Å². The Hall–Kier alpha value is -1.55. The first-order valence-corrected chi connectivity index (χ1v) is 4.94. The summed E-state index contributed by atoms with van der Waals surface area (Å²) >= 11 is 0. The molecule has 1 aromatic heterocycles. The first-order valence-electron chi connectivity index (χ1n) is 4.94. The predicted molar refractivity (Wildman–Crippen MR) is 60.7 cm³/mol. The van der Waals surface area contributed by atoms with Crippen molar-refractivity contribution in [1.29, 1.82) is 0 Å². The van der Waals surface area contributed by atoms with Gasteiger partial charge in [0.05, 0.1) is 24.4 Å². The number of nitrogen functional groups attached to an aromatic ring is 1. The van der Waals surface area contributed by atoms with Gasteiger partial charge in [0, 0.05) is 18.2 Å². The van der Waals surface area contributed by atoms with Gasteiger partial charge in [0.25, 0.3) is 0 Å². The number of fused-ring (bicyclic) bond motifs is 1. The fourth-order valence-corrected chi connectivity index (χ4v) is 1.72. The van der Waals surface area contributed by atoms with Gasteiger partial charge >= 0.3 is 0 Å². The second kappa shape index (κ2) is 3.90. The van der Waals surface area contributed by atoms with E-state index in [4.69, 9.17) is 10.5 Å². The molecule has 1 aromatic carbocycles. The molecule has 0 fully saturated rings. The quantitative estimate of drug-likeness (QED) is 0.778. The molecule has 0 radical (unpaired) electrons. The number of aromatic nitrogens is 2. The average molecular weight is 205 g/mol.